The molecule has 2 aromatic rings. The van der Waals surface area contributed by atoms with Gasteiger partial charge in [0.25, 0.3) is 5.69 Å². The molecule has 1 aliphatic heterocycles. The topological polar surface area (TPSA) is 86.3 Å². The van der Waals surface area contributed by atoms with Gasteiger partial charge in [-0.25, -0.2) is 9.37 Å². The summed E-state index contributed by atoms with van der Waals surface area (Å²) < 4.78 is 14.1. The van der Waals surface area contributed by atoms with Crippen molar-refractivity contribution in [2.24, 2.45) is 0 Å². The maximum absolute atomic E-state index is 14.1. The Morgan fingerprint density at radius 2 is 1.92 bits per heavy atom. The molecule has 2 heterocycles. The largest absolute Gasteiger partial charge is 0.366 e. The smallest absolute Gasteiger partial charge is 0.290 e. The van der Waals surface area contributed by atoms with E-state index in [0.717, 1.165) is 0 Å². The Labute approximate surface area is 144 Å². The molecular weight excluding hydrogens is 325 g/mol. The summed E-state index contributed by atoms with van der Waals surface area (Å²) in [4.78, 5) is 18.6. The van der Waals surface area contributed by atoms with Gasteiger partial charge in [0.1, 0.15) is 17.8 Å². The molecule has 7 nitrogen and oxygen atoms in total. The summed E-state index contributed by atoms with van der Waals surface area (Å²) in [6.45, 7) is 4.14. The molecule has 0 atom stereocenters. The average Bonchev–Trinajstić information content (AvgIpc) is 2.61. The number of aryl methyl sites for hydroxylation is 1. The van der Waals surface area contributed by atoms with Crippen molar-refractivity contribution in [3.8, 4) is 6.07 Å². The molecule has 1 aromatic heterocycles. The highest BCUT2D eigenvalue weighted by molar-refractivity contribution is 5.54. The fourth-order valence-electron chi connectivity index (χ4n) is 2.91. The number of rotatable bonds is 3. The highest BCUT2D eigenvalue weighted by Crippen LogP contribution is 2.25. The van der Waals surface area contributed by atoms with E-state index in [1.54, 1.807) is 25.1 Å². The minimum Gasteiger partial charge on any atom is -0.366 e. The molecule has 8 heteroatoms. The van der Waals surface area contributed by atoms with Crippen LogP contribution in [0.3, 0.4) is 0 Å². The summed E-state index contributed by atoms with van der Waals surface area (Å²) in [5.41, 5.74) is 1.34. The third kappa shape index (κ3) is 3.35. The number of nitro groups is 1. The van der Waals surface area contributed by atoms with E-state index in [0.29, 0.717) is 48.8 Å². The van der Waals surface area contributed by atoms with Crippen molar-refractivity contribution in [2.45, 2.75) is 6.92 Å². The highest BCUT2D eigenvalue weighted by atomic mass is 19.1. The first-order chi connectivity index (χ1) is 12.0. The molecule has 0 bridgehead atoms. The Hall–Kier alpha value is -3.21. The van der Waals surface area contributed by atoms with Crippen molar-refractivity contribution in [3.63, 3.8) is 0 Å². The van der Waals surface area contributed by atoms with Crippen LogP contribution < -0.4 is 9.80 Å². The van der Waals surface area contributed by atoms with E-state index in [1.165, 1.54) is 12.3 Å². The fourth-order valence-corrected chi connectivity index (χ4v) is 2.91. The minimum absolute atomic E-state index is 0.00189. The lowest BCUT2D eigenvalue weighted by atomic mass is 10.1. The van der Waals surface area contributed by atoms with Crippen LogP contribution in [0.25, 0.3) is 0 Å². The zero-order valence-electron chi connectivity index (χ0n) is 13.6. The zero-order valence-corrected chi connectivity index (χ0v) is 13.6. The van der Waals surface area contributed by atoms with Gasteiger partial charge in [-0.1, -0.05) is 0 Å². The number of benzene rings is 1. The summed E-state index contributed by atoms with van der Waals surface area (Å²) >= 11 is 0. The number of hydrogen-bond acceptors (Lipinski definition) is 6. The first-order valence-corrected chi connectivity index (χ1v) is 7.80. The van der Waals surface area contributed by atoms with Crippen LogP contribution in [-0.4, -0.2) is 36.1 Å². The van der Waals surface area contributed by atoms with E-state index in [-0.39, 0.29) is 5.69 Å². The van der Waals surface area contributed by atoms with Crippen LogP contribution in [-0.2, 0) is 0 Å². The van der Waals surface area contributed by atoms with E-state index >= 15 is 0 Å². The van der Waals surface area contributed by atoms with Crippen molar-refractivity contribution in [1.29, 1.82) is 5.26 Å². The molecule has 128 valence electrons. The van der Waals surface area contributed by atoms with Crippen molar-refractivity contribution in [2.75, 3.05) is 36.0 Å². The lowest BCUT2D eigenvalue weighted by Gasteiger charge is -2.36. The van der Waals surface area contributed by atoms with Gasteiger partial charge in [-0.05, 0) is 31.2 Å². The third-order valence-corrected chi connectivity index (χ3v) is 4.29. The van der Waals surface area contributed by atoms with Crippen LogP contribution in [0, 0.1) is 34.2 Å². The van der Waals surface area contributed by atoms with Crippen molar-refractivity contribution in [1.82, 2.24) is 4.98 Å². The number of pyridine rings is 1. The molecule has 0 saturated carbocycles. The van der Waals surface area contributed by atoms with Crippen LogP contribution >= 0.6 is 0 Å². The molecule has 0 radical (unpaired) electrons. The van der Waals surface area contributed by atoms with E-state index in [4.69, 9.17) is 5.26 Å². The van der Waals surface area contributed by atoms with E-state index in [2.05, 4.69) is 4.98 Å². The molecular formula is C17H16FN5O2. The average molecular weight is 341 g/mol. The van der Waals surface area contributed by atoms with Crippen molar-refractivity contribution in [3.05, 3.63) is 57.5 Å². The lowest BCUT2D eigenvalue weighted by molar-refractivity contribution is -0.385. The second-order valence-corrected chi connectivity index (χ2v) is 5.84. The van der Waals surface area contributed by atoms with Gasteiger partial charge in [-0.3, -0.25) is 10.1 Å². The first kappa shape index (κ1) is 16.6. The lowest BCUT2D eigenvalue weighted by Crippen LogP contribution is -2.47. The Balaban J connectivity index is 1.71. The molecule has 25 heavy (non-hydrogen) atoms. The second-order valence-electron chi connectivity index (χ2n) is 5.84. The first-order valence-electron chi connectivity index (χ1n) is 7.80. The van der Waals surface area contributed by atoms with Gasteiger partial charge in [0.15, 0.2) is 0 Å². The summed E-state index contributed by atoms with van der Waals surface area (Å²) in [6.07, 6.45) is 1.28. The maximum Gasteiger partial charge on any atom is 0.290 e. The third-order valence-electron chi connectivity index (χ3n) is 4.29. The Morgan fingerprint density at radius 3 is 2.48 bits per heavy atom. The summed E-state index contributed by atoms with van der Waals surface area (Å²) in [6, 6.07) is 8.09. The Bertz CT molecular complexity index is 857. The molecule has 0 N–H and O–H groups in total. The fraction of sp³-hybridized carbons (Fsp3) is 0.294. The summed E-state index contributed by atoms with van der Waals surface area (Å²) in [5.74, 6) is 0.278. The Morgan fingerprint density at radius 1 is 1.24 bits per heavy atom. The van der Waals surface area contributed by atoms with E-state index < -0.39 is 10.7 Å². The van der Waals surface area contributed by atoms with E-state index in [9.17, 15) is 14.5 Å². The molecule has 0 unspecified atom stereocenters. The van der Waals surface area contributed by atoms with Gasteiger partial charge in [0.2, 0.25) is 0 Å². The van der Waals surface area contributed by atoms with Gasteiger partial charge in [0, 0.05) is 31.7 Å². The summed E-state index contributed by atoms with van der Waals surface area (Å²) in [7, 11) is 0. The van der Waals surface area contributed by atoms with Crippen LogP contribution in [0.2, 0.25) is 0 Å². The molecule has 0 amide bonds. The number of anilines is 2. The maximum atomic E-state index is 14.1. The highest BCUT2D eigenvalue weighted by Gasteiger charge is 2.22. The van der Waals surface area contributed by atoms with E-state index in [1.807, 2.05) is 15.9 Å². The van der Waals surface area contributed by atoms with Gasteiger partial charge < -0.3 is 9.80 Å². The molecule has 0 spiro atoms. The molecule has 1 aliphatic rings. The number of piperazine rings is 1. The van der Waals surface area contributed by atoms with Crippen molar-refractivity contribution < 1.29 is 9.31 Å². The minimum atomic E-state index is -0.447. The monoisotopic (exact) mass is 341 g/mol. The van der Waals surface area contributed by atoms with Gasteiger partial charge >= 0.3 is 0 Å². The van der Waals surface area contributed by atoms with Crippen molar-refractivity contribution >= 4 is 17.2 Å². The Kier molecular flexibility index (Phi) is 4.48. The standard InChI is InChI=1S/C17H16FN5O2/c1-12-8-17(20-11-16(12)23(24)25)22-6-4-21(5-7-22)15-3-2-13(10-19)9-14(15)18/h2-3,8-9,11H,4-7H2,1H3. The van der Waals surface area contributed by atoms with Crippen LogP contribution in [0.4, 0.5) is 21.6 Å². The van der Waals surface area contributed by atoms with Gasteiger partial charge in [-0.2, -0.15) is 5.26 Å². The SMILES string of the molecule is Cc1cc(N2CCN(c3ccc(C#N)cc3F)CC2)ncc1[N+](=O)[O-]. The van der Waals surface area contributed by atoms with Crippen LogP contribution in [0.15, 0.2) is 30.5 Å². The molecule has 0 aliphatic carbocycles. The predicted molar refractivity (Wildman–Crippen MR) is 91.2 cm³/mol. The number of nitriles is 1. The zero-order chi connectivity index (χ0) is 18.0. The molecule has 1 aromatic carbocycles. The number of nitrogens with zero attached hydrogens (tertiary/aromatic N) is 5. The summed E-state index contributed by atoms with van der Waals surface area (Å²) in [5, 5.41) is 19.7. The molecule has 1 fully saturated rings. The number of aromatic nitrogens is 1. The molecule has 1 saturated heterocycles. The van der Waals surface area contributed by atoms with Crippen LogP contribution in [0.1, 0.15) is 11.1 Å². The molecule has 3 rings (SSSR count). The number of hydrogen-bond donors (Lipinski definition) is 0. The second kappa shape index (κ2) is 6.73. The normalized spacial score (nSPS) is 14.3. The predicted octanol–water partition coefficient (Wildman–Crippen LogP) is 2.64. The quantitative estimate of drug-likeness (QED) is 0.630. The van der Waals surface area contributed by atoms with Gasteiger partial charge in [-0.15, -0.1) is 0 Å². The van der Waals surface area contributed by atoms with Gasteiger partial charge in [0.05, 0.1) is 22.2 Å². The number of halogens is 1. The van der Waals surface area contributed by atoms with Crippen LogP contribution in [0.5, 0.6) is 0 Å².